The number of amides is 1. The van der Waals surface area contributed by atoms with Crippen molar-refractivity contribution < 1.29 is 9.90 Å². The highest BCUT2D eigenvalue weighted by Gasteiger charge is 2.17. The van der Waals surface area contributed by atoms with Crippen molar-refractivity contribution in [1.82, 2.24) is 9.88 Å². The molecule has 1 heterocycles. The summed E-state index contributed by atoms with van der Waals surface area (Å²) in [6.07, 6.45) is 0. The lowest BCUT2D eigenvalue weighted by atomic mass is 10.2. The molecule has 0 radical (unpaired) electrons. The number of hydrogen-bond donors (Lipinski definition) is 1. The van der Waals surface area contributed by atoms with Gasteiger partial charge in [0.15, 0.2) is 0 Å². The third-order valence-electron chi connectivity index (χ3n) is 2.08. The molecular formula is C10H12Cl2N2O2. The van der Waals surface area contributed by atoms with E-state index in [1.165, 1.54) is 17.0 Å². The molecule has 0 atom stereocenters. The van der Waals surface area contributed by atoms with E-state index in [0.29, 0.717) is 12.1 Å². The van der Waals surface area contributed by atoms with E-state index in [2.05, 4.69) is 4.98 Å². The number of aliphatic hydroxyl groups excluding tert-OH is 1. The van der Waals surface area contributed by atoms with Crippen LogP contribution in [-0.2, 0) is 0 Å². The Labute approximate surface area is 104 Å². The molecule has 1 aromatic rings. The van der Waals surface area contributed by atoms with Crippen LogP contribution in [0.15, 0.2) is 12.1 Å². The molecule has 1 N–H and O–H groups in total. The molecule has 0 saturated carbocycles. The van der Waals surface area contributed by atoms with Crippen molar-refractivity contribution in [3.05, 3.63) is 28.0 Å². The van der Waals surface area contributed by atoms with Crippen LogP contribution in [0.3, 0.4) is 0 Å². The largest absolute Gasteiger partial charge is 0.395 e. The average Bonchev–Trinajstić information content (AvgIpc) is 2.25. The number of rotatable bonds is 4. The molecule has 0 fully saturated rings. The van der Waals surface area contributed by atoms with Gasteiger partial charge >= 0.3 is 0 Å². The summed E-state index contributed by atoms with van der Waals surface area (Å²) in [7, 11) is 0. The smallest absolute Gasteiger partial charge is 0.257 e. The Bertz CT molecular complexity index is 385. The number of carbonyl (C=O) groups excluding carboxylic acids is 1. The number of nitrogens with zero attached hydrogens (tertiary/aromatic N) is 2. The van der Waals surface area contributed by atoms with Gasteiger partial charge in [0.1, 0.15) is 10.3 Å². The number of halogens is 2. The first-order valence-corrected chi connectivity index (χ1v) is 5.58. The Hall–Kier alpha value is -0.840. The van der Waals surface area contributed by atoms with Crippen LogP contribution in [-0.4, -0.2) is 40.6 Å². The Kier molecular flexibility index (Phi) is 4.99. The highest BCUT2D eigenvalue weighted by Crippen LogP contribution is 2.18. The molecule has 1 aromatic heterocycles. The van der Waals surface area contributed by atoms with Crippen molar-refractivity contribution in [2.24, 2.45) is 0 Å². The van der Waals surface area contributed by atoms with Crippen molar-refractivity contribution in [2.45, 2.75) is 6.92 Å². The van der Waals surface area contributed by atoms with Crippen LogP contribution in [0.25, 0.3) is 0 Å². The predicted octanol–water partition coefficient (Wildman–Crippen LogP) is 1.84. The van der Waals surface area contributed by atoms with Gasteiger partial charge in [-0.2, -0.15) is 0 Å². The molecule has 1 rings (SSSR count). The van der Waals surface area contributed by atoms with Crippen LogP contribution in [0.5, 0.6) is 0 Å². The van der Waals surface area contributed by atoms with E-state index >= 15 is 0 Å². The normalized spacial score (nSPS) is 10.2. The van der Waals surface area contributed by atoms with Crippen LogP contribution < -0.4 is 0 Å². The first-order chi connectivity index (χ1) is 7.60. The lowest BCUT2D eigenvalue weighted by Crippen LogP contribution is -2.33. The Morgan fingerprint density at radius 2 is 2.19 bits per heavy atom. The van der Waals surface area contributed by atoms with Crippen molar-refractivity contribution in [1.29, 1.82) is 0 Å². The first-order valence-electron chi connectivity index (χ1n) is 4.82. The predicted molar refractivity (Wildman–Crippen MR) is 62.9 cm³/mol. The molecule has 6 heteroatoms. The average molecular weight is 263 g/mol. The van der Waals surface area contributed by atoms with E-state index < -0.39 is 0 Å². The second-order valence-corrected chi connectivity index (χ2v) is 3.83. The van der Waals surface area contributed by atoms with Crippen LogP contribution >= 0.6 is 23.2 Å². The van der Waals surface area contributed by atoms with Crippen molar-refractivity contribution >= 4 is 29.1 Å². The Morgan fingerprint density at radius 3 is 2.69 bits per heavy atom. The molecule has 0 bridgehead atoms. The maximum absolute atomic E-state index is 11.9. The topological polar surface area (TPSA) is 53.4 Å². The zero-order valence-corrected chi connectivity index (χ0v) is 10.3. The highest BCUT2D eigenvalue weighted by molar-refractivity contribution is 6.34. The molecule has 0 unspecified atom stereocenters. The molecule has 1 amide bonds. The minimum atomic E-state index is -0.259. The van der Waals surface area contributed by atoms with Gasteiger partial charge in [-0.25, -0.2) is 4.98 Å². The van der Waals surface area contributed by atoms with E-state index in [-0.39, 0.29) is 29.4 Å². The summed E-state index contributed by atoms with van der Waals surface area (Å²) < 4.78 is 0. The minimum absolute atomic E-state index is 0.0777. The summed E-state index contributed by atoms with van der Waals surface area (Å²) in [5, 5.41) is 9.13. The van der Waals surface area contributed by atoms with Gasteiger partial charge in [0.25, 0.3) is 5.91 Å². The van der Waals surface area contributed by atoms with Gasteiger partial charge in [0.2, 0.25) is 0 Å². The minimum Gasteiger partial charge on any atom is -0.395 e. The van der Waals surface area contributed by atoms with Crippen LogP contribution in [0.1, 0.15) is 17.3 Å². The van der Waals surface area contributed by atoms with Gasteiger partial charge in [0.05, 0.1) is 12.2 Å². The number of likely N-dealkylation sites (N-methyl/N-ethyl adjacent to an activating group) is 1. The number of pyridine rings is 1. The number of carbonyl (C=O) groups is 1. The van der Waals surface area contributed by atoms with E-state index in [9.17, 15) is 4.79 Å². The fourth-order valence-corrected chi connectivity index (χ4v) is 1.69. The fourth-order valence-electron chi connectivity index (χ4n) is 1.27. The van der Waals surface area contributed by atoms with Crippen LogP contribution in [0.4, 0.5) is 0 Å². The summed E-state index contributed by atoms with van der Waals surface area (Å²) >= 11 is 11.5. The SMILES string of the molecule is CCN(CCO)C(=O)c1ccc(Cl)nc1Cl. The molecule has 88 valence electrons. The fraction of sp³-hybridized carbons (Fsp3) is 0.400. The Balaban J connectivity index is 2.94. The van der Waals surface area contributed by atoms with Crippen LogP contribution in [0, 0.1) is 0 Å². The molecule has 16 heavy (non-hydrogen) atoms. The van der Waals surface area contributed by atoms with E-state index in [1.807, 2.05) is 6.92 Å². The van der Waals surface area contributed by atoms with Crippen molar-refractivity contribution in [2.75, 3.05) is 19.7 Å². The molecule has 0 aromatic carbocycles. The van der Waals surface area contributed by atoms with Crippen LogP contribution in [0.2, 0.25) is 10.3 Å². The zero-order valence-electron chi connectivity index (χ0n) is 8.78. The third-order valence-corrected chi connectivity index (χ3v) is 2.58. The summed E-state index contributed by atoms with van der Waals surface area (Å²) in [5.41, 5.74) is 0.293. The first kappa shape index (κ1) is 13.2. The lowest BCUT2D eigenvalue weighted by Gasteiger charge is -2.19. The molecule has 0 aliphatic heterocycles. The molecule has 4 nitrogen and oxygen atoms in total. The molecule has 0 saturated heterocycles. The standard InChI is InChI=1S/C10H12Cl2N2O2/c1-2-14(5-6-15)10(16)7-3-4-8(11)13-9(7)12/h3-4,15H,2,5-6H2,1H3. The number of aliphatic hydroxyl groups is 1. The summed E-state index contributed by atoms with van der Waals surface area (Å²) in [6, 6.07) is 3.04. The monoisotopic (exact) mass is 262 g/mol. The number of aromatic nitrogens is 1. The Morgan fingerprint density at radius 1 is 1.50 bits per heavy atom. The molecular weight excluding hydrogens is 251 g/mol. The van der Waals surface area contributed by atoms with Gasteiger partial charge in [-0.3, -0.25) is 4.79 Å². The zero-order chi connectivity index (χ0) is 12.1. The van der Waals surface area contributed by atoms with E-state index in [0.717, 1.165) is 0 Å². The second-order valence-electron chi connectivity index (χ2n) is 3.08. The van der Waals surface area contributed by atoms with Gasteiger partial charge in [-0.05, 0) is 19.1 Å². The lowest BCUT2D eigenvalue weighted by molar-refractivity contribution is 0.0732. The van der Waals surface area contributed by atoms with Gasteiger partial charge in [-0.1, -0.05) is 23.2 Å². The maximum Gasteiger partial charge on any atom is 0.257 e. The second kappa shape index (κ2) is 6.03. The van der Waals surface area contributed by atoms with Crippen molar-refractivity contribution in [3.8, 4) is 0 Å². The molecule has 0 aliphatic carbocycles. The summed E-state index contributed by atoms with van der Waals surface area (Å²) in [5.74, 6) is -0.259. The van der Waals surface area contributed by atoms with Crippen molar-refractivity contribution in [3.63, 3.8) is 0 Å². The molecule has 0 aliphatic rings. The van der Waals surface area contributed by atoms with Gasteiger partial charge < -0.3 is 10.0 Å². The maximum atomic E-state index is 11.9. The van der Waals surface area contributed by atoms with E-state index in [1.54, 1.807) is 0 Å². The highest BCUT2D eigenvalue weighted by atomic mass is 35.5. The quantitative estimate of drug-likeness (QED) is 0.843. The van der Waals surface area contributed by atoms with Gasteiger partial charge in [0, 0.05) is 13.1 Å². The summed E-state index contributed by atoms with van der Waals surface area (Å²) in [4.78, 5) is 17.2. The summed E-state index contributed by atoms with van der Waals surface area (Å²) in [6.45, 7) is 2.51. The van der Waals surface area contributed by atoms with Gasteiger partial charge in [-0.15, -0.1) is 0 Å². The van der Waals surface area contributed by atoms with E-state index in [4.69, 9.17) is 28.3 Å². The number of hydrogen-bond acceptors (Lipinski definition) is 3. The third kappa shape index (κ3) is 3.07. The molecule has 0 spiro atoms.